The molecule has 0 radical (unpaired) electrons. The van der Waals surface area contributed by atoms with E-state index in [1.807, 2.05) is 51.1 Å². The van der Waals surface area contributed by atoms with Crippen LogP contribution in [-0.2, 0) is 26.2 Å². The molecule has 0 aliphatic heterocycles. The smallest absolute Gasteiger partial charge is 0.264 e. The van der Waals surface area contributed by atoms with Crippen molar-refractivity contribution in [2.24, 2.45) is 0 Å². The number of anilines is 1. The Balaban J connectivity index is 2.08. The number of hydrogen-bond acceptors (Lipinski definition) is 4. The molecule has 3 rings (SSSR count). The minimum Gasteiger partial charge on any atom is -0.352 e. The molecule has 39 heavy (non-hydrogen) atoms. The first-order valence-electron chi connectivity index (χ1n) is 12.8. The third-order valence-electron chi connectivity index (χ3n) is 6.39. The number of rotatable bonds is 12. The van der Waals surface area contributed by atoms with Gasteiger partial charge in [-0.15, -0.1) is 0 Å². The average Bonchev–Trinajstić information content (AvgIpc) is 2.94. The number of nitrogens with one attached hydrogen (secondary N) is 1. The van der Waals surface area contributed by atoms with E-state index in [1.54, 1.807) is 24.3 Å². The summed E-state index contributed by atoms with van der Waals surface area (Å²) >= 11 is 12.7. The zero-order valence-electron chi connectivity index (χ0n) is 22.2. The molecule has 0 heterocycles. The first-order valence-corrected chi connectivity index (χ1v) is 14.9. The second-order valence-corrected chi connectivity index (χ2v) is 11.8. The van der Waals surface area contributed by atoms with Crippen molar-refractivity contribution in [3.8, 4) is 0 Å². The molecule has 0 spiro atoms. The Morgan fingerprint density at radius 3 is 2.08 bits per heavy atom. The van der Waals surface area contributed by atoms with Gasteiger partial charge in [0.2, 0.25) is 11.8 Å². The minimum absolute atomic E-state index is 0.00244. The van der Waals surface area contributed by atoms with Crippen molar-refractivity contribution >= 4 is 50.7 Å². The molecule has 10 heteroatoms. The minimum atomic E-state index is -4.23. The van der Waals surface area contributed by atoms with E-state index in [0.29, 0.717) is 6.42 Å². The fourth-order valence-corrected chi connectivity index (χ4v) is 5.95. The van der Waals surface area contributed by atoms with Gasteiger partial charge in [0, 0.05) is 12.6 Å². The predicted octanol–water partition coefficient (Wildman–Crippen LogP) is 5.91. The highest BCUT2D eigenvalue weighted by Gasteiger charge is 2.34. The predicted molar refractivity (Wildman–Crippen MR) is 156 cm³/mol. The summed E-state index contributed by atoms with van der Waals surface area (Å²) in [5, 5.41) is 3.11. The van der Waals surface area contributed by atoms with Gasteiger partial charge in [0.25, 0.3) is 10.0 Å². The summed E-state index contributed by atoms with van der Waals surface area (Å²) in [6.45, 7) is 5.20. The highest BCUT2D eigenvalue weighted by molar-refractivity contribution is 7.92. The maximum absolute atomic E-state index is 14.0. The van der Waals surface area contributed by atoms with E-state index in [-0.39, 0.29) is 39.1 Å². The van der Waals surface area contributed by atoms with Gasteiger partial charge in [-0.25, -0.2) is 8.42 Å². The fourth-order valence-electron chi connectivity index (χ4n) is 4.06. The molecule has 0 bridgehead atoms. The summed E-state index contributed by atoms with van der Waals surface area (Å²) in [7, 11) is -4.23. The van der Waals surface area contributed by atoms with Gasteiger partial charge < -0.3 is 10.2 Å². The lowest BCUT2D eigenvalue weighted by molar-refractivity contribution is -0.140. The quantitative estimate of drug-likeness (QED) is 0.284. The van der Waals surface area contributed by atoms with Crippen molar-refractivity contribution in [1.82, 2.24) is 10.2 Å². The van der Waals surface area contributed by atoms with Crippen molar-refractivity contribution in [1.29, 1.82) is 0 Å². The van der Waals surface area contributed by atoms with Gasteiger partial charge in [-0.1, -0.05) is 91.6 Å². The van der Waals surface area contributed by atoms with E-state index >= 15 is 0 Å². The Morgan fingerprint density at radius 2 is 1.49 bits per heavy atom. The number of hydrogen-bond donors (Lipinski definition) is 1. The molecular weight excluding hydrogens is 557 g/mol. The molecule has 0 aliphatic rings. The number of carbonyl (C=O) groups is 2. The van der Waals surface area contributed by atoms with Gasteiger partial charge in [-0.2, -0.15) is 0 Å². The molecule has 0 saturated carbocycles. The molecule has 3 aromatic carbocycles. The largest absolute Gasteiger partial charge is 0.352 e. The lowest BCUT2D eigenvalue weighted by Gasteiger charge is -2.34. The summed E-state index contributed by atoms with van der Waals surface area (Å²) in [5.74, 6) is -0.852. The SMILES string of the molecule is CC[C@@H](C)NC(=O)[C@@H](CC)N(Cc1ccccc1)C(=O)CN(c1cccc(Cl)c1Cl)S(=O)(=O)c1ccccc1. The molecule has 0 aromatic heterocycles. The van der Waals surface area contributed by atoms with E-state index in [0.717, 1.165) is 16.3 Å². The van der Waals surface area contributed by atoms with Crippen molar-refractivity contribution in [3.63, 3.8) is 0 Å². The maximum atomic E-state index is 14.0. The van der Waals surface area contributed by atoms with Crippen LogP contribution in [0.2, 0.25) is 10.0 Å². The molecule has 0 aliphatic carbocycles. The van der Waals surface area contributed by atoms with Crippen LogP contribution in [0.3, 0.4) is 0 Å². The highest BCUT2D eigenvalue weighted by atomic mass is 35.5. The Hall–Kier alpha value is -3.07. The van der Waals surface area contributed by atoms with Crippen molar-refractivity contribution in [2.45, 2.75) is 57.1 Å². The van der Waals surface area contributed by atoms with Crippen LogP contribution >= 0.6 is 23.2 Å². The van der Waals surface area contributed by atoms with Gasteiger partial charge in [0.1, 0.15) is 12.6 Å². The number of benzene rings is 3. The van der Waals surface area contributed by atoms with Gasteiger partial charge in [0.15, 0.2) is 0 Å². The van der Waals surface area contributed by atoms with Crippen LogP contribution in [0.25, 0.3) is 0 Å². The summed E-state index contributed by atoms with van der Waals surface area (Å²) < 4.78 is 28.6. The molecule has 1 N–H and O–H groups in total. The van der Waals surface area contributed by atoms with Crippen molar-refractivity contribution < 1.29 is 18.0 Å². The zero-order valence-corrected chi connectivity index (χ0v) is 24.5. The van der Waals surface area contributed by atoms with Gasteiger partial charge in [-0.05, 0) is 49.6 Å². The first kappa shape index (κ1) is 30.5. The highest BCUT2D eigenvalue weighted by Crippen LogP contribution is 2.35. The molecule has 2 amide bonds. The van der Waals surface area contributed by atoms with Crippen LogP contribution < -0.4 is 9.62 Å². The Labute approximate surface area is 240 Å². The molecule has 2 atom stereocenters. The third-order valence-corrected chi connectivity index (χ3v) is 8.98. The number of amides is 2. The molecule has 3 aromatic rings. The standard InChI is InChI=1S/C29H33Cl2N3O4S/c1-4-21(3)32-29(36)25(5-2)33(19-22-13-8-6-9-14-22)27(35)20-34(26-18-12-17-24(30)28(26)31)39(37,38)23-15-10-7-11-16-23/h6-18,21,25H,4-5,19-20H2,1-3H3,(H,32,36)/t21-,25-/m1/s1. The van der Waals surface area contributed by atoms with Crippen LogP contribution in [0.4, 0.5) is 5.69 Å². The van der Waals surface area contributed by atoms with E-state index < -0.39 is 28.5 Å². The van der Waals surface area contributed by atoms with Crippen LogP contribution in [0, 0.1) is 0 Å². The molecule has 0 unspecified atom stereocenters. The first-order chi connectivity index (χ1) is 18.6. The molecule has 208 valence electrons. The summed E-state index contributed by atoms with van der Waals surface area (Å²) in [5.41, 5.74) is 0.872. The summed E-state index contributed by atoms with van der Waals surface area (Å²) in [6.07, 6.45) is 1.06. The van der Waals surface area contributed by atoms with E-state index in [1.165, 1.54) is 29.2 Å². The number of carbonyl (C=O) groups excluding carboxylic acids is 2. The van der Waals surface area contributed by atoms with Crippen LogP contribution in [0.1, 0.15) is 39.2 Å². The monoisotopic (exact) mass is 589 g/mol. The molecule has 0 fully saturated rings. The maximum Gasteiger partial charge on any atom is 0.264 e. The number of nitrogens with zero attached hydrogens (tertiary/aromatic N) is 2. The normalized spacial score (nSPS) is 12.8. The average molecular weight is 591 g/mol. The van der Waals surface area contributed by atoms with E-state index in [9.17, 15) is 18.0 Å². The number of sulfonamides is 1. The van der Waals surface area contributed by atoms with Crippen LogP contribution in [0.5, 0.6) is 0 Å². The van der Waals surface area contributed by atoms with Crippen LogP contribution in [0.15, 0.2) is 83.8 Å². The Kier molecular flexibility index (Phi) is 10.8. The van der Waals surface area contributed by atoms with E-state index in [4.69, 9.17) is 23.2 Å². The molecular formula is C29H33Cl2N3O4S. The summed E-state index contributed by atoms with van der Waals surface area (Å²) in [6, 6.07) is 20.7. The zero-order chi connectivity index (χ0) is 28.6. The van der Waals surface area contributed by atoms with Gasteiger partial charge in [-0.3, -0.25) is 13.9 Å². The second kappa shape index (κ2) is 13.8. The van der Waals surface area contributed by atoms with Crippen LogP contribution in [-0.4, -0.2) is 43.8 Å². The Bertz CT molecular complexity index is 1370. The van der Waals surface area contributed by atoms with Crippen molar-refractivity contribution in [2.75, 3.05) is 10.8 Å². The lowest BCUT2D eigenvalue weighted by atomic mass is 10.1. The fraction of sp³-hybridized carbons (Fsp3) is 0.310. The topological polar surface area (TPSA) is 86.8 Å². The lowest BCUT2D eigenvalue weighted by Crippen LogP contribution is -2.53. The third kappa shape index (κ3) is 7.53. The Morgan fingerprint density at radius 1 is 0.872 bits per heavy atom. The van der Waals surface area contributed by atoms with Gasteiger partial charge >= 0.3 is 0 Å². The van der Waals surface area contributed by atoms with Gasteiger partial charge in [0.05, 0.1) is 20.6 Å². The van der Waals surface area contributed by atoms with Crippen molar-refractivity contribution in [3.05, 3.63) is 94.5 Å². The molecule has 7 nitrogen and oxygen atoms in total. The van der Waals surface area contributed by atoms with E-state index in [2.05, 4.69) is 5.32 Å². The second-order valence-electron chi connectivity index (χ2n) is 9.15. The molecule has 0 saturated heterocycles. The summed E-state index contributed by atoms with van der Waals surface area (Å²) in [4.78, 5) is 28.7. The number of halogens is 2.